The number of halogens is 4. The Hall–Kier alpha value is -2.22. The van der Waals surface area contributed by atoms with Crippen LogP contribution >= 0.6 is 0 Å². The minimum Gasteiger partial charge on any atom is -0.310 e. The van der Waals surface area contributed by atoms with Crippen LogP contribution in [0.25, 0.3) is 0 Å². The van der Waals surface area contributed by atoms with Gasteiger partial charge in [-0.05, 0) is 25.1 Å². The average molecular weight is 341 g/mol. The third-order valence-electron chi connectivity index (χ3n) is 4.03. The zero-order chi connectivity index (χ0) is 17.5. The summed E-state index contributed by atoms with van der Waals surface area (Å²) < 4.78 is 52.2. The lowest BCUT2D eigenvalue weighted by molar-refractivity contribution is -0.137. The highest BCUT2D eigenvalue weighted by molar-refractivity contribution is 5.28. The van der Waals surface area contributed by atoms with Crippen molar-refractivity contribution in [1.29, 1.82) is 0 Å². The van der Waals surface area contributed by atoms with Crippen molar-refractivity contribution in [3.8, 4) is 0 Å². The molecule has 0 aliphatic carbocycles. The summed E-state index contributed by atoms with van der Waals surface area (Å²) in [5.41, 5.74) is -0.000754. The number of nitrogens with zero attached hydrogens (tertiary/aromatic N) is 2. The minimum absolute atomic E-state index is 0.00249. The Morgan fingerprint density at radius 1 is 1.33 bits per heavy atom. The maximum Gasteiger partial charge on any atom is 0.416 e. The molecule has 0 bridgehead atoms. The first kappa shape index (κ1) is 16.6. The van der Waals surface area contributed by atoms with E-state index in [1.807, 2.05) is 0 Å². The molecule has 0 radical (unpaired) electrons. The topological polar surface area (TPSA) is 49.0 Å². The van der Waals surface area contributed by atoms with Crippen molar-refractivity contribution >= 4 is 0 Å². The summed E-state index contributed by atoms with van der Waals surface area (Å²) in [5.74, 6) is -0.166. The van der Waals surface area contributed by atoms with Crippen LogP contribution in [0.15, 0.2) is 23.0 Å². The molecule has 1 aliphatic heterocycles. The molecular formula is C16H15F4N3O. The number of aromatic nitrogens is 2. The van der Waals surface area contributed by atoms with Gasteiger partial charge in [-0.2, -0.15) is 13.2 Å². The van der Waals surface area contributed by atoms with Gasteiger partial charge in [0.15, 0.2) is 0 Å². The lowest BCUT2D eigenvalue weighted by atomic mass is 10.0. The second kappa shape index (κ2) is 6.01. The van der Waals surface area contributed by atoms with Crippen LogP contribution in [0, 0.1) is 12.7 Å². The predicted molar refractivity (Wildman–Crippen MR) is 78.8 cm³/mol. The summed E-state index contributed by atoms with van der Waals surface area (Å²) in [7, 11) is 0. The quantitative estimate of drug-likeness (QED) is 0.855. The molecule has 0 amide bonds. The second-order valence-electron chi connectivity index (χ2n) is 5.84. The van der Waals surface area contributed by atoms with E-state index in [4.69, 9.17) is 0 Å². The first-order valence-corrected chi connectivity index (χ1v) is 7.40. The SMILES string of the molecule is Cc1nc2c(c(=O)[nH]1)CN(Cc1cc(C(F)(F)F)ccc1F)CC2. The fourth-order valence-corrected chi connectivity index (χ4v) is 2.85. The monoisotopic (exact) mass is 341 g/mol. The van der Waals surface area contributed by atoms with Crippen molar-refractivity contribution in [3.63, 3.8) is 0 Å². The van der Waals surface area contributed by atoms with Gasteiger partial charge in [0.1, 0.15) is 11.6 Å². The van der Waals surface area contributed by atoms with Crippen LogP contribution in [-0.4, -0.2) is 21.4 Å². The normalized spacial score (nSPS) is 15.4. The smallest absolute Gasteiger partial charge is 0.310 e. The van der Waals surface area contributed by atoms with E-state index >= 15 is 0 Å². The average Bonchev–Trinajstić information content (AvgIpc) is 2.49. The molecule has 24 heavy (non-hydrogen) atoms. The molecule has 128 valence electrons. The number of hydrogen-bond donors (Lipinski definition) is 1. The highest BCUT2D eigenvalue weighted by atomic mass is 19.4. The molecule has 0 fully saturated rings. The van der Waals surface area contributed by atoms with Gasteiger partial charge in [0.25, 0.3) is 5.56 Å². The lowest BCUT2D eigenvalue weighted by Crippen LogP contribution is -2.35. The highest BCUT2D eigenvalue weighted by Crippen LogP contribution is 2.31. The van der Waals surface area contributed by atoms with Crippen molar-refractivity contribution in [1.82, 2.24) is 14.9 Å². The van der Waals surface area contributed by atoms with Gasteiger partial charge in [-0.1, -0.05) is 0 Å². The Morgan fingerprint density at radius 2 is 2.08 bits per heavy atom. The van der Waals surface area contributed by atoms with Crippen molar-refractivity contribution in [2.75, 3.05) is 6.54 Å². The molecule has 4 nitrogen and oxygen atoms in total. The van der Waals surface area contributed by atoms with E-state index in [2.05, 4.69) is 9.97 Å². The molecule has 0 unspecified atom stereocenters. The molecule has 0 spiro atoms. The first-order chi connectivity index (χ1) is 11.2. The van der Waals surface area contributed by atoms with Gasteiger partial charge < -0.3 is 4.98 Å². The fourth-order valence-electron chi connectivity index (χ4n) is 2.85. The molecule has 1 aromatic carbocycles. The maximum absolute atomic E-state index is 13.9. The Labute approximate surface area is 135 Å². The molecule has 2 heterocycles. The minimum atomic E-state index is -4.52. The summed E-state index contributed by atoms with van der Waals surface area (Å²) >= 11 is 0. The summed E-state index contributed by atoms with van der Waals surface area (Å²) in [5, 5.41) is 0. The number of rotatable bonds is 2. The zero-order valence-electron chi connectivity index (χ0n) is 12.9. The second-order valence-corrected chi connectivity index (χ2v) is 5.84. The molecule has 1 aliphatic rings. The van der Waals surface area contributed by atoms with E-state index in [1.54, 1.807) is 11.8 Å². The maximum atomic E-state index is 13.9. The van der Waals surface area contributed by atoms with Crippen molar-refractivity contribution in [3.05, 3.63) is 62.6 Å². The van der Waals surface area contributed by atoms with Crippen LogP contribution in [0.2, 0.25) is 0 Å². The predicted octanol–water partition coefficient (Wildman–Crippen LogP) is 2.79. The standard InChI is InChI=1S/C16H15F4N3O/c1-9-21-14-4-5-23(8-12(14)15(24)22-9)7-10-6-11(16(18,19)20)2-3-13(10)17/h2-3,6H,4-5,7-8H2,1H3,(H,21,22,24). The molecule has 3 rings (SSSR count). The van der Waals surface area contributed by atoms with Crippen molar-refractivity contribution in [2.24, 2.45) is 0 Å². The largest absolute Gasteiger partial charge is 0.416 e. The summed E-state index contributed by atoms with van der Waals surface area (Å²) in [6, 6.07) is 2.37. The van der Waals surface area contributed by atoms with Gasteiger partial charge in [0, 0.05) is 31.6 Å². The van der Waals surface area contributed by atoms with Gasteiger partial charge in [0.05, 0.1) is 16.8 Å². The first-order valence-electron chi connectivity index (χ1n) is 7.40. The number of fused-ring (bicyclic) bond motifs is 1. The van der Waals surface area contributed by atoms with Crippen LogP contribution in [0.1, 0.15) is 28.2 Å². The molecule has 0 saturated carbocycles. The number of benzene rings is 1. The zero-order valence-corrected chi connectivity index (χ0v) is 12.9. The van der Waals surface area contributed by atoms with E-state index in [-0.39, 0.29) is 24.2 Å². The molecule has 8 heteroatoms. The number of H-pyrrole nitrogens is 1. The third-order valence-corrected chi connectivity index (χ3v) is 4.03. The van der Waals surface area contributed by atoms with E-state index in [1.165, 1.54) is 0 Å². The number of aromatic amines is 1. The van der Waals surface area contributed by atoms with Crippen LogP contribution in [0.3, 0.4) is 0 Å². The molecule has 0 saturated heterocycles. The van der Waals surface area contributed by atoms with Crippen molar-refractivity contribution < 1.29 is 17.6 Å². The highest BCUT2D eigenvalue weighted by Gasteiger charge is 2.31. The Bertz CT molecular complexity index is 829. The van der Waals surface area contributed by atoms with Crippen LogP contribution in [-0.2, 0) is 25.7 Å². The molecule has 1 aromatic heterocycles. The fraction of sp³-hybridized carbons (Fsp3) is 0.375. The van der Waals surface area contributed by atoms with Gasteiger partial charge >= 0.3 is 6.18 Å². The number of alkyl halides is 3. The van der Waals surface area contributed by atoms with Crippen LogP contribution in [0.4, 0.5) is 17.6 Å². The molecule has 1 N–H and O–H groups in total. The summed E-state index contributed by atoms with van der Waals surface area (Å²) in [6.07, 6.45) is -4.02. The third kappa shape index (κ3) is 3.33. The van der Waals surface area contributed by atoms with E-state index < -0.39 is 17.6 Å². The number of aryl methyl sites for hydroxylation is 1. The Morgan fingerprint density at radius 3 is 2.79 bits per heavy atom. The van der Waals surface area contributed by atoms with Gasteiger partial charge in [0.2, 0.25) is 0 Å². The van der Waals surface area contributed by atoms with E-state index in [0.717, 1.165) is 18.2 Å². The van der Waals surface area contributed by atoms with Crippen molar-refractivity contribution in [2.45, 2.75) is 32.6 Å². The van der Waals surface area contributed by atoms with Gasteiger partial charge in [-0.25, -0.2) is 9.37 Å². The summed E-state index contributed by atoms with van der Waals surface area (Å²) in [4.78, 5) is 20.6. The van der Waals surface area contributed by atoms with Gasteiger partial charge in [-0.3, -0.25) is 9.69 Å². The van der Waals surface area contributed by atoms with E-state index in [9.17, 15) is 22.4 Å². The van der Waals surface area contributed by atoms with Crippen LogP contribution < -0.4 is 5.56 Å². The molecule has 2 aromatic rings. The molecular weight excluding hydrogens is 326 g/mol. The van der Waals surface area contributed by atoms with Gasteiger partial charge in [-0.15, -0.1) is 0 Å². The number of hydrogen-bond acceptors (Lipinski definition) is 3. The van der Waals surface area contributed by atoms with Crippen LogP contribution in [0.5, 0.6) is 0 Å². The Balaban J connectivity index is 1.84. The summed E-state index contributed by atoms with van der Waals surface area (Å²) in [6.45, 7) is 2.42. The number of nitrogens with one attached hydrogen (secondary N) is 1. The Kier molecular flexibility index (Phi) is 4.16. The molecule has 0 atom stereocenters. The lowest BCUT2D eigenvalue weighted by Gasteiger charge is -2.28. The van der Waals surface area contributed by atoms with E-state index in [0.29, 0.717) is 30.0 Å².